The number of hydrogen-bond donors (Lipinski definition) is 2. The maximum Gasteiger partial charge on any atom is 0.177 e. The molecule has 0 atom stereocenters. The summed E-state index contributed by atoms with van der Waals surface area (Å²) < 4.78 is 13.7. The molecule has 0 saturated carbocycles. The second kappa shape index (κ2) is 8.58. The van der Waals surface area contributed by atoms with E-state index in [1.807, 2.05) is 24.7 Å². The summed E-state index contributed by atoms with van der Waals surface area (Å²) in [7, 11) is 0. The van der Waals surface area contributed by atoms with Gasteiger partial charge in [0, 0.05) is 42.5 Å². The van der Waals surface area contributed by atoms with E-state index in [0.717, 1.165) is 57.9 Å². The topological polar surface area (TPSA) is 99.3 Å². The van der Waals surface area contributed by atoms with Gasteiger partial charge in [-0.3, -0.25) is 20.0 Å². The fraction of sp³-hybridized carbons (Fsp3) is 0.192. The Balaban J connectivity index is 1.28. The Morgan fingerprint density at radius 2 is 1.86 bits per heavy atom. The Labute approximate surface area is 209 Å². The number of aromatic nitrogens is 7. The van der Waals surface area contributed by atoms with Gasteiger partial charge in [0.1, 0.15) is 16.9 Å². The van der Waals surface area contributed by atoms with Gasteiger partial charge in [0.25, 0.3) is 0 Å². The first-order valence-electron chi connectivity index (χ1n) is 11.8. The van der Waals surface area contributed by atoms with Crippen molar-refractivity contribution in [2.75, 3.05) is 13.1 Å². The van der Waals surface area contributed by atoms with Gasteiger partial charge in [0.05, 0.1) is 15.8 Å². The van der Waals surface area contributed by atoms with Crippen LogP contribution in [0.1, 0.15) is 18.4 Å². The molecule has 1 saturated heterocycles. The number of hydrogen-bond acceptors (Lipinski definition) is 7. The zero-order chi connectivity index (χ0) is 24.1. The molecule has 0 spiro atoms. The Morgan fingerprint density at radius 3 is 2.72 bits per heavy atom. The molecule has 0 aliphatic carbocycles. The standard InChI is InChI=1S/C26H21FN8S/c27-21-4-3-20(36-21)24-23-19(5-6-29-24)31-26(32-23)22-18-10-17(13-30-25(18)34-33-22)16-9-15(11-28-12-16)14-35-7-1-2-8-35/h3-6,9-13H,1-2,7-8,14H2,(H,31,32)(H,30,33,34). The summed E-state index contributed by atoms with van der Waals surface area (Å²) in [6.45, 7) is 3.20. The number of fused-ring (bicyclic) bond motifs is 2. The smallest absolute Gasteiger partial charge is 0.177 e. The van der Waals surface area contributed by atoms with E-state index in [1.165, 1.54) is 24.5 Å². The number of rotatable bonds is 5. The van der Waals surface area contributed by atoms with Crippen molar-refractivity contribution in [1.29, 1.82) is 0 Å². The van der Waals surface area contributed by atoms with Crippen LogP contribution in [0.4, 0.5) is 4.39 Å². The average molecular weight is 497 g/mol. The van der Waals surface area contributed by atoms with Gasteiger partial charge in [-0.25, -0.2) is 9.97 Å². The van der Waals surface area contributed by atoms with Gasteiger partial charge in [0.15, 0.2) is 16.6 Å². The average Bonchev–Trinajstić information content (AvgIpc) is 3.70. The van der Waals surface area contributed by atoms with Crippen molar-refractivity contribution in [3.63, 3.8) is 0 Å². The van der Waals surface area contributed by atoms with Crippen LogP contribution < -0.4 is 0 Å². The highest BCUT2D eigenvalue weighted by Gasteiger charge is 2.18. The predicted octanol–water partition coefficient (Wildman–Crippen LogP) is 5.42. The molecule has 7 heterocycles. The SMILES string of the molecule is Fc1ccc(-c2nccc3[nH]c(-c4n[nH]c5ncc(-c6cncc(CN7CCCC7)c6)cc45)nc23)s1. The van der Waals surface area contributed by atoms with Crippen LogP contribution in [0.2, 0.25) is 0 Å². The normalized spacial score (nSPS) is 14.4. The molecule has 1 aliphatic rings. The van der Waals surface area contributed by atoms with Crippen LogP contribution in [0.3, 0.4) is 0 Å². The molecule has 0 bridgehead atoms. The molecule has 0 unspecified atom stereocenters. The molecule has 0 amide bonds. The van der Waals surface area contributed by atoms with Crippen molar-refractivity contribution in [3.05, 3.63) is 65.8 Å². The Kier molecular flexibility index (Phi) is 5.07. The summed E-state index contributed by atoms with van der Waals surface area (Å²) >= 11 is 1.05. The number of likely N-dealkylation sites (tertiary alicyclic amines) is 1. The number of thiophene rings is 1. The quantitative estimate of drug-likeness (QED) is 0.331. The molecule has 2 N–H and O–H groups in total. The van der Waals surface area contributed by atoms with Gasteiger partial charge in [0.2, 0.25) is 0 Å². The lowest BCUT2D eigenvalue weighted by Gasteiger charge is -2.14. The first-order valence-corrected chi connectivity index (χ1v) is 12.6. The van der Waals surface area contributed by atoms with Crippen LogP contribution in [-0.2, 0) is 6.54 Å². The van der Waals surface area contributed by atoms with Gasteiger partial charge in [-0.15, -0.1) is 11.3 Å². The van der Waals surface area contributed by atoms with E-state index < -0.39 is 0 Å². The Hall–Kier alpha value is -4.02. The number of imidazole rings is 1. The fourth-order valence-electron chi connectivity index (χ4n) is 4.84. The molecule has 6 aromatic rings. The molecule has 7 rings (SSSR count). The summed E-state index contributed by atoms with van der Waals surface area (Å²) in [5.74, 6) is 0.599. The van der Waals surface area contributed by atoms with E-state index in [2.05, 4.69) is 47.2 Å². The third-order valence-electron chi connectivity index (χ3n) is 6.58. The minimum atomic E-state index is -0.254. The van der Waals surface area contributed by atoms with Crippen molar-refractivity contribution in [2.24, 2.45) is 0 Å². The number of pyridine rings is 3. The second-order valence-corrected chi connectivity index (χ2v) is 10.0. The molecule has 8 nitrogen and oxygen atoms in total. The molecular weight excluding hydrogens is 475 g/mol. The van der Waals surface area contributed by atoms with Crippen molar-refractivity contribution in [3.8, 4) is 33.2 Å². The van der Waals surface area contributed by atoms with E-state index in [-0.39, 0.29) is 5.13 Å². The maximum absolute atomic E-state index is 13.7. The lowest BCUT2D eigenvalue weighted by Crippen LogP contribution is -2.18. The monoisotopic (exact) mass is 496 g/mol. The van der Waals surface area contributed by atoms with Gasteiger partial charge < -0.3 is 4.98 Å². The van der Waals surface area contributed by atoms with E-state index >= 15 is 0 Å². The summed E-state index contributed by atoms with van der Waals surface area (Å²) in [6.07, 6.45) is 9.88. The van der Waals surface area contributed by atoms with Crippen LogP contribution in [0.15, 0.2) is 55.1 Å². The lowest BCUT2D eigenvalue weighted by molar-refractivity contribution is 0.331. The minimum Gasteiger partial charge on any atom is -0.336 e. The van der Waals surface area contributed by atoms with E-state index in [0.29, 0.717) is 28.4 Å². The van der Waals surface area contributed by atoms with Crippen molar-refractivity contribution < 1.29 is 4.39 Å². The third-order valence-corrected chi connectivity index (χ3v) is 7.46. The van der Waals surface area contributed by atoms with E-state index in [4.69, 9.17) is 4.98 Å². The van der Waals surface area contributed by atoms with Crippen molar-refractivity contribution in [2.45, 2.75) is 19.4 Å². The van der Waals surface area contributed by atoms with Crippen LogP contribution in [0.25, 0.3) is 55.3 Å². The summed E-state index contributed by atoms with van der Waals surface area (Å²) in [4.78, 5) is 24.9. The van der Waals surface area contributed by atoms with Crippen LogP contribution in [0.5, 0.6) is 0 Å². The lowest BCUT2D eigenvalue weighted by atomic mass is 10.1. The first kappa shape index (κ1) is 21.3. The van der Waals surface area contributed by atoms with Gasteiger partial charge in [-0.05, 0) is 61.8 Å². The van der Waals surface area contributed by atoms with Crippen molar-refractivity contribution in [1.82, 2.24) is 40.0 Å². The molecule has 1 aliphatic heterocycles. The molecule has 0 radical (unpaired) electrons. The Morgan fingerprint density at radius 1 is 0.972 bits per heavy atom. The van der Waals surface area contributed by atoms with Gasteiger partial charge >= 0.3 is 0 Å². The van der Waals surface area contributed by atoms with E-state index in [9.17, 15) is 4.39 Å². The molecule has 36 heavy (non-hydrogen) atoms. The van der Waals surface area contributed by atoms with E-state index in [1.54, 1.807) is 12.3 Å². The zero-order valence-electron chi connectivity index (χ0n) is 19.2. The number of nitrogens with zero attached hydrogens (tertiary/aromatic N) is 6. The molecule has 1 fully saturated rings. The Bertz CT molecular complexity index is 1710. The van der Waals surface area contributed by atoms with Gasteiger partial charge in [-0.2, -0.15) is 9.49 Å². The summed E-state index contributed by atoms with van der Waals surface area (Å²) in [5, 5.41) is 8.12. The summed E-state index contributed by atoms with van der Waals surface area (Å²) in [5.41, 5.74) is 6.65. The first-order chi connectivity index (χ1) is 17.7. The summed E-state index contributed by atoms with van der Waals surface area (Å²) in [6, 6.07) is 9.28. The highest BCUT2D eigenvalue weighted by molar-refractivity contribution is 7.13. The van der Waals surface area contributed by atoms with Gasteiger partial charge in [-0.1, -0.05) is 0 Å². The van der Waals surface area contributed by atoms with Crippen LogP contribution >= 0.6 is 11.3 Å². The maximum atomic E-state index is 13.7. The predicted molar refractivity (Wildman–Crippen MR) is 138 cm³/mol. The number of H-pyrrole nitrogens is 2. The van der Waals surface area contributed by atoms with Crippen LogP contribution in [0, 0.1) is 5.13 Å². The molecule has 0 aromatic carbocycles. The molecule has 10 heteroatoms. The highest BCUT2D eigenvalue weighted by Crippen LogP contribution is 2.33. The minimum absolute atomic E-state index is 0.254. The molecular formula is C26H21FN8S. The molecule has 178 valence electrons. The largest absolute Gasteiger partial charge is 0.336 e. The third kappa shape index (κ3) is 3.75. The van der Waals surface area contributed by atoms with Crippen molar-refractivity contribution >= 4 is 33.4 Å². The number of aromatic amines is 2. The number of nitrogens with one attached hydrogen (secondary N) is 2. The molecule has 6 aromatic heterocycles. The zero-order valence-corrected chi connectivity index (χ0v) is 20.0. The van der Waals surface area contributed by atoms with Crippen LogP contribution in [-0.4, -0.2) is 53.1 Å². The second-order valence-electron chi connectivity index (χ2n) is 9.00. The highest BCUT2D eigenvalue weighted by atomic mass is 32.1. The number of halogens is 1. The fourth-order valence-corrected chi connectivity index (χ4v) is 5.57.